The molecule has 5 nitrogen and oxygen atoms in total. The zero-order valence-corrected chi connectivity index (χ0v) is 13.2. The molecule has 3 N–H and O–H groups in total. The van der Waals surface area contributed by atoms with Crippen molar-refractivity contribution < 1.29 is 8.42 Å². The molecule has 20 heavy (non-hydrogen) atoms. The Balaban J connectivity index is 2.36. The van der Waals surface area contributed by atoms with Gasteiger partial charge in [-0.05, 0) is 24.5 Å². The van der Waals surface area contributed by atoms with Crippen LogP contribution in [0.25, 0.3) is 0 Å². The van der Waals surface area contributed by atoms with Gasteiger partial charge in [0.15, 0.2) is 5.13 Å². The summed E-state index contributed by atoms with van der Waals surface area (Å²) in [5.41, 5.74) is 7.49. The quantitative estimate of drug-likeness (QED) is 0.850. The van der Waals surface area contributed by atoms with Crippen LogP contribution in [0, 0.1) is 6.92 Å². The maximum Gasteiger partial charge on any atom is 0.265 e. The van der Waals surface area contributed by atoms with Crippen molar-refractivity contribution in [3.05, 3.63) is 34.8 Å². The molecule has 0 atom stereocenters. The highest BCUT2D eigenvalue weighted by molar-refractivity contribution is 7.93. The number of thiazole rings is 1. The average molecular weight is 311 g/mol. The molecule has 0 spiro atoms. The molecule has 0 unspecified atom stereocenters. The minimum Gasteiger partial charge on any atom is -0.398 e. The van der Waals surface area contributed by atoms with Gasteiger partial charge in [0, 0.05) is 5.38 Å². The maximum absolute atomic E-state index is 12.4. The van der Waals surface area contributed by atoms with Gasteiger partial charge in [-0.3, -0.25) is 4.72 Å². The van der Waals surface area contributed by atoms with Gasteiger partial charge in [0.25, 0.3) is 10.0 Å². The van der Waals surface area contributed by atoms with E-state index in [1.165, 1.54) is 11.3 Å². The minimum absolute atomic E-state index is 0.112. The van der Waals surface area contributed by atoms with E-state index < -0.39 is 10.0 Å². The number of aryl methyl sites for hydroxylation is 1. The zero-order chi connectivity index (χ0) is 14.9. The van der Waals surface area contributed by atoms with Crippen LogP contribution < -0.4 is 10.5 Å². The van der Waals surface area contributed by atoms with E-state index in [0.717, 1.165) is 5.69 Å². The maximum atomic E-state index is 12.4. The predicted octanol–water partition coefficient (Wildman–Crippen LogP) is 2.96. The number of nitrogens with two attached hydrogens (primary N) is 1. The van der Waals surface area contributed by atoms with E-state index >= 15 is 0 Å². The second kappa shape index (κ2) is 5.41. The van der Waals surface area contributed by atoms with Crippen LogP contribution in [-0.4, -0.2) is 13.4 Å². The molecule has 0 saturated heterocycles. The lowest BCUT2D eigenvalue weighted by Crippen LogP contribution is -2.16. The molecule has 0 saturated carbocycles. The van der Waals surface area contributed by atoms with Crippen LogP contribution in [0.4, 0.5) is 10.8 Å². The molecule has 0 bridgehead atoms. The van der Waals surface area contributed by atoms with Crippen LogP contribution >= 0.6 is 11.3 Å². The van der Waals surface area contributed by atoms with Gasteiger partial charge < -0.3 is 5.73 Å². The number of nitrogens with one attached hydrogen (secondary N) is 1. The lowest BCUT2D eigenvalue weighted by Gasteiger charge is -2.10. The molecule has 7 heteroatoms. The van der Waals surface area contributed by atoms with Crippen molar-refractivity contribution in [3.8, 4) is 0 Å². The van der Waals surface area contributed by atoms with Crippen LogP contribution in [0.15, 0.2) is 28.5 Å². The summed E-state index contributed by atoms with van der Waals surface area (Å²) in [7, 11) is -3.71. The molecular formula is C13H17N3O2S2. The number of rotatable bonds is 4. The minimum atomic E-state index is -3.71. The molecule has 0 aliphatic rings. The van der Waals surface area contributed by atoms with E-state index in [2.05, 4.69) is 9.71 Å². The van der Waals surface area contributed by atoms with E-state index in [1.807, 2.05) is 19.2 Å². The fourth-order valence-corrected chi connectivity index (χ4v) is 4.29. The van der Waals surface area contributed by atoms with Crippen molar-refractivity contribution in [3.63, 3.8) is 0 Å². The summed E-state index contributed by atoms with van der Waals surface area (Å²) >= 11 is 1.27. The van der Waals surface area contributed by atoms with E-state index in [0.29, 0.717) is 10.7 Å². The Hall–Kier alpha value is -1.60. The van der Waals surface area contributed by atoms with Crippen molar-refractivity contribution in [2.75, 3.05) is 10.5 Å². The van der Waals surface area contributed by atoms with E-state index in [9.17, 15) is 8.42 Å². The van der Waals surface area contributed by atoms with E-state index in [-0.39, 0.29) is 16.5 Å². The summed E-state index contributed by atoms with van der Waals surface area (Å²) in [5.74, 6) is 0.257. The molecule has 1 heterocycles. The van der Waals surface area contributed by atoms with Gasteiger partial charge >= 0.3 is 0 Å². The second-order valence-corrected chi connectivity index (χ2v) is 7.31. The summed E-state index contributed by atoms with van der Waals surface area (Å²) < 4.78 is 27.3. The largest absolute Gasteiger partial charge is 0.398 e. The number of hydrogen-bond donors (Lipinski definition) is 2. The van der Waals surface area contributed by atoms with E-state index in [4.69, 9.17) is 5.73 Å². The van der Waals surface area contributed by atoms with Gasteiger partial charge in [0.1, 0.15) is 4.90 Å². The van der Waals surface area contributed by atoms with Crippen molar-refractivity contribution in [1.82, 2.24) is 4.98 Å². The highest BCUT2D eigenvalue weighted by Crippen LogP contribution is 2.27. The van der Waals surface area contributed by atoms with Gasteiger partial charge in [-0.1, -0.05) is 26.0 Å². The second-order valence-electron chi connectivity index (χ2n) is 4.83. The van der Waals surface area contributed by atoms with Crippen LogP contribution in [-0.2, 0) is 10.0 Å². The third kappa shape index (κ3) is 2.94. The molecule has 2 aromatic rings. The molecule has 0 aliphatic carbocycles. The number of nitrogen functional groups attached to an aromatic ring is 1. The Morgan fingerprint density at radius 3 is 2.60 bits per heavy atom. The van der Waals surface area contributed by atoms with E-state index in [1.54, 1.807) is 25.1 Å². The molecular weight excluding hydrogens is 294 g/mol. The van der Waals surface area contributed by atoms with Crippen LogP contribution in [0.3, 0.4) is 0 Å². The van der Waals surface area contributed by atoms with Crippen molar-refractivity contribution in [2.24, 2.45) is 0 Å². The van der Waals surface area contributed by atoms with Gasteiger partial charge in [0.05, 0.1) is 11.4 Å². The summed E-state index contributed by atoms with van der Waals surface area (Å²) in [4.78, 5) is 4.38. The van der Waals surface area contributed by atoms with Crippen molar-refractivity contribution in [1.29, 1.82) is 0 Å². The first-order valence-corrected chi connectivity index (χ1v) is 8.51. The number of nitrogens with zero attached hydrogens (tertiary/aromatic N) is 1. The summed E-state index contributed by atoms with van der Waals surface area (Å²) in [6.07, 6.45) is 0. The molecule has 1 aromatic carbocycles. The molecule has 108 valence electrons. The third-order valence-corrected chi connectivity index (χ3v) is 5.31. The highest BCUT2D eigenvalue weighted by atomic mass is 32.2. The van der Waals surface area contributed by atoms with Crippen LogP contribution in [0.2, 0.25) is 0 Å². The Morgan fingerprint density at radius 1 is 1.35 bits per heavy atom. The fraction of sp³-hybridized carbons (Fsp3) is 0.308. The highest BCUT2D eigenvalue weighted by Gasteiger charge is 2.21. The first kappa shape index (κ1) is 14.8. The standard InChI is InChI=1S/C13H17N3O2S2/c1-8(2)11-7-19-13(15-11)16-20(17,18)12-9(3)5-4-6-10(12)14/h4-8H,14H2,1-3H3,(H,15,16). The predicted molar refractivity (Wildman–Crippen MR) is 82.6 cm³/mol. The number of benzene rings is 1. The van der Waals surface area contributed by atoms with Gasteiger partial charge in [-0.25, -0.2) is 13.4 Å². The normalized spacial score (nSPS) is 11.8. The van der Waals surface area contributed by atoms with Crippen LogP contribution in [0.5, 0.6) is 0 Å². The first-order chi connectivity index (χ1) is 9.31. The van der Waals surface area contributed by atoms with Gasteiger partial charge in [-0.2, -0.15) is 0 Å². The molecule has 0 amide bonds. The average Bonchev–Trinajstić information content (AvgIpc) is 2.76. The number of sulfonamides is 1. The number of aromatic nitrogens is 1. The molecule has 0 aliphatic heterocycles. The molecule has 0 fully saturated rings. The van der Waals surface area contributed by atoms with Crippen LogP contribution in [0.1, 0.15) is 31.0 Å². The lowest BCUT2D eigenvalue weighted by atomic mass is 10.2. The third-order valence-electron chi connectivity index (χ3n) is 2.85. The van der Waals surface area contributed by atoms with Gasteiger partial charge in [0.2, 0.25) is 0 Å². The van der Waals surface area contributed by atoms with Crippen molar-refractivity contribution >= 4 is 32.2 Å². The molecule has 2 rings (SSSR count). The Labute approximate surface area is 122 Å². The summed E-state index contributed by atoms with van der Waals surface area (Å²) in [5, 5.41) is 2.21. The Bertz CT molecular complexity index is 701. The monoisotopic (exact) mass is 311 g/mol. The lowest BCUT2D eigenvalue weighted by molar-refractivity contribution is 0.601. The van der Waals surface area contributed by atoms with Gasteiger partial charge in [-0.15, -0.1) is 11.3 Å². The summed E-state index contributed by atoms with van der Waals surface area (Å²) in [6.45, 7) is 5.73. The Morgan fingerprint density at radius 2 is 2.05 bits per heavy atom. The smallest absolute Gasteiger partial charge is 0.265 e. The summed E-state index contributed by atoms with van der Waals surface area (Å²) in [6, 6.07) is 5.01. The molecule has 1 aromatic heterocycles. The number of hydrogen-bond acceptors (Lipinski definition) is 5. The zero-order valence-electron chi connectivity index (χ0n) is 11.5. The molecule has 0 radical (unpaired) electrons. The van der Waals surface area contributed by atoms with Crippen molar-refractivity contribution in [2.45, 2.75) is 31.6 Å². The SMILES string of the molecule is Cc1cccc(N)c1S(=O)(=O)Nc1nc(C(C)C)cs1. The Kier molecular flexibility index (Phi) is 4.01. The first-order valence-electron chi connectivity index (χ1n) is 6.14. The topological polar surface area (TPSA) is 85.1 Å². The fourth-order valence-electron chi connectivity index (χ4n) is 1.81. The number of anilines is 2.